The van der Waals surface area contributed by atoms with Gasteiger partial charge in [-0.05, 0) is 46.3 Å². The Balaban J connectivity index is 1.44. The maximum absolute atomic E-state index is 12.2. The van der Waals surface area contributed by atoms with Crippen molar-refractivity contribution in [2.45, 2.75) is 6.42 Å². The molecule has 0 bridgehead atoms. The van der Waals surface area contributed by atoms with Crippen LogP contribution >= 0.6 is 22.9 Å². The van der Waals surface area contributed by atoms with Crippen LogP contribution in [0.15, 0.2) is 48.8 Å². The van der Waals surface area contributed by atoms with Crippen molar-refractivity contribution in [1.29, 1.82) is 0 Å². The van der Waals surface area contributed by atoms with Crippen molar-refractivity contribution in [1.82, 2.24) is 25.2 Å². The van der Waals surface area contributed by atoms with Gasteiger partial charge in [-0.3, -0.25) is 4.79 Å². The number of carbonyl (C=O) groups is 1. The summed E-state index contributed by atoms with van der Waals surface area (Å²) in [7, 11) is 0. The Bertz CT molecular complexity index is 1030. The number of nitrogens with one attached hydrogen (secondary N) is 1. The molecule has 0 unspecified atom stereocenters. The minimum Gasteiger partial charge on any atom is -0.302 e. The maximum Gasteiger partial charge on any atom is 0.230 e. The van der Waals surface area contributed by atoms with E-state index in [0.717, 1.165) is 21.5 Å². The Hall–Kier alpha value is -2.84. The fourth-order valence-electron chi connectivity index (χ4n) is 2.35. The van der Waals surface area contributed by atoms with Crippen LogP contribution in [-0.2, 0) is 11.2 Å². The highest BCUT2D eigenvalue weighted by atomic mass is 35.5. The van der Waals surface area contributed by atoms with Gasteiger partial charge in [0.05, 0.1) is 22.3 Å². The quantitative estimate of drug-likeness (QED) is 0.596. The van der Waals surface area contributed by atoms with Gasteiger partial charge in [0.1, 0.15) is 6.33 Å². The number of anilines is 1. The second-order valence-corrected chi connectivity index (χ2v) is 6.74. The van der Waals surface area contributed by atoms with Crippen LogP contribution in [0.4, 0.5) is 5.13 Å². The molecule has 0 aliphatic rings. The summed E-state index contributed by atoms with van der Waals surface area (Å²) in [6.45, 7) is 0. The number of hydrogen-bond acceptors (Lipinski definition) is 6. The van der Waals surface area contributed by atoms with Gasteiger partial charge in [0, 0.05) is 5.02 Å². The van der Waals surface area contributed by atoms with Gasteiger partial charge in [-0.25, -0.2) is 9.67 Å². The lowest BCUT2D eigenvalue weighted by molar-refractivity contribution is -0.115. The summed E-state index contributed by atoms with van der Waals surface area (Å²) in [5.74, 6) is -0.125. The third-order valence-corrected chi connectivity index (χ3v) is 4.68. The molecular weight excluding hydrogens is 360 g/mol. The van der Waals surface area contributed by atoms with Gasteiger partial charge in [0.2, 0.25) is 5.91 Å². The van der Waals surface area contributed by atoms with E-state index in [4.69, 9.17) is 11.6 Å². The fourth-order valence-corrected chi connectivity index (χ4v) is 3.51. The molecule has 0 spiro atoms. The van der Waals surface area contributed by atoms with Crippen LogP contribution in [0.5, 0.6) is 0 Å². The zero-order valence-corrected chi connectivity index (χ0v) is 14.3. The fraction of sp³-hybridized carbons (Fsp3) is 0.0625. The van der Waals surface area contributed by atoms with Crippen molar-refractivity contribution in [3.05, 3.63) is 59.4 Å². The normalized spacial score (nSPS) is 10.9. The van der Waals surface area contributed by atoms with Gasteiger partial charge in [0.25, 0.3) is 0 Å². The summed E-state index contributed by atoms with van der Waals surface area (Å²) in [6, 6.07) is 12.9. The molecule has 25 heavy (non-hydrogen) atoms. The van der Waals surface area contributed by atoms with Crippen LogP contribution in [0.3, 0.4) is 0 Å². The number of fused-ring (bicyclic) bond motifs is 1. The van der Waals surface area contributed by atoms with E-state index in [2.05, 4.69) is 25.8 Å². The Labute approximate surface area is 151 Å². The van der Waals surface area contributed by atoms with Crippen molar-refractivity contribution in [2.75, 3.05) is 5.32 Å². The van der Waals surface area contributed by atoms with Crippen LogP contribution in [0.1, 0.15) is 5.56 Å². The lowest BCUT2D eigenvalue weighted by atomic mass is 10.1. The number of hydrogen-bond donors (Lipinski definition) is 1. The summed E-state index contributed by atoms with van der Waals surface area (Å²) in [5, 5.41) is 15.0. The summed E-state index contributed by atoms with van der Waals surface area (Å²) < 4.78 is 2.49. The summed E-state index contributed by atoms with van der Waals surface area (Å²) in [6.07, 6.45) is 1.77. The van der Waals surface area contributed by atoms with E-state index in [1.807, 2.05) is 36.4 Å². The van der Waals surface area contributed by atoms with E-state index in [9.17, 15) is 4.79 Å². The molecule has 4 aromatic rings. The number of thiazole rings is 1. The molecule has 1 N–H and O–H groups in total. The molecule has 0 saturated heterocycles. The molecule has 7 nitrogen and oxygen atoms in total. The number of aromatic nitrogens is 5. The van der Waals surface area contributed by atoms with Crippen LogP contribution in [0.25, 0.3) is 15.9 Å². The molecule has 0 aliphatic heterocycles. The standard InChI is InChI=1S/C16H11ClN6OS/c17-11-3-6-13-14(8-11)25-16(19-13)20-15(24)7-10-1-4-12(5-2-10)23-9-18-21-22-23/h1-6,8-9H,7H2,(H,19,20,24). The topological polar surface area (TPSA) is 85.6 Å². The van der Waals surface area contributed by atoms with E-state index in [-0.39, 0.29) is 12.3 Å². The molecule has 2 aromatic heterocycles. The van der Waals surface area contributed by atoms with Crippen LogP contribution in [0.2, 0.25) is 5.02 Å². The molecule has 2 heterocycles. The molecule has 1 amide bonds. The van der Waals surface area contributed by atoms with Gasteiger partial charge in [-0.1, -0.05) is 35.1 Å². The Kier molecular flexibility index (Phi) is 4.12. The van der Waals surface area contributed by atoms with Gasteiger partial charge >= 0.3 is 0 Å². The minimum absolute atomic E-state index is 0.125. The van der Waals surface area contributed by atoms with E-state index >= 15 is 0 Å². The van der Waals surface area contributed by atoms with Gasteiger partial charge in [-0.15, -0.1) is 5.10 Å². The Morgan fingerprint density at radius 1 is 1.20 bits per heavy atom. The number of benzene rings is 2. The zero-order valence-electron chi connectivity index (χ0n) is 12.8. The monoisotopic (exact) mass is 370 g/mol. The molecule has 124 valence electrons. The van der Waals surface area contributed by atoms with Crippen LogP contribution in [-0.4, -0.2) is 31.1 Å². The smallest absolute Gasteiger partial charge is 0.230 e. The Morgan fingerprint density at radius 3 is 2.80 bits per heavy atom. The molecule has 0 aliphatic carbocycles. The molecule has 2 aromatic carbocycles. The average Bonchev–Trinajstić information content (AvgIpc) is 3.24. The largest absolute Gasteiger partial charge is 0.302 e. The highest BCUT2D eigenvalue weighted by Gasteiger charge is 2.09. The molecule has 0 fully saturated rings. The molecule has 4 rings (SSSR count). The van der Waals surface area contributed by atoms with Gasteiger partial charge in [-0.2, -0.15) is 0 Å². The molecule has 0 radical (unpaired) electrons. The average molecular weight is 371 g/mol. The number of nitrogens with zero attached hydrogens (tertiary/aromatic N) is 5. The third kappa shape index (κ3) is 3.49. The van der Waals surface area contributed by atoms with Crippen molar-refractivity contribution in [3.63, 3.8) is 0 Å². The van der Waals surface area contributed by atoms with Crippen molar-refractivity contribution >= 4 is 44.2 Å². The maximum atomic E-state index is 12.2. The number of rotatable bonds is 4. The second kappa shape index (κ2) is 6.58. The lowest BCUT2D eigenvalue weighted by Gasteiger charge is -2.03. The van der Waals surface area contributed by atoms with Crippen molar-refractivity contribution in [2.24, 2.45) is 0 Å². The highest BCUT2D eigenvalue weighted by molar-refractivity contribution is 7.22. The minimum atomic E-state index is -0.125. The zero-order chi connectivity index (χ0) is 17.2. The van der Waals surface area contributed by atoms with E-state index in [1.54, 1.807) is 10.7 Å². The Morgan fingerprint density at radius 2 is 2.04 bits per heavy atom. The summed E-state index contributed by atoms with van der Waals surface area (Å²) >= 11 is 7.37. The van der Waals surface area contributed by atoms with Crippen LogP contribution < -0.4 is 5.32 Å². The third-order valence-electron chi connectivity index (χ3n) is 3.51. The SMILES string of the molecule is O=C(Cc1ccc(-n2cnnn2)cc1)Nc1nc2ccc(Cl)cc2s1. The van der Waals surface area contributed by atoms with E-state index in [1.165, 1.54) is 17.7 Å². The number of halogens is 1. The van der Waals surface area contributed by atoms with Crippen molar-refractivity contribution in [3.8, 4) is 5.69 Å². The highest BCUT2D eigenvalue weighted by Crippen LogP contribution is 2.28. The molecular formula is C16H11ClN6OS. The first kappa shape index (κ1) is 15.7. The molecule has 0 atom stereocenters. The van der Waals surface area contributed by atoms with E-state index in [0.29, 0.717) is 10.2 Å². The first-order valence-electron chi connectivity index (χ1n) is 7.36. The predicted molar refractivity (Wildman–Crippen MR) is 96.1 cm³/mol. The molecule has 0 saturated carbocycles. The first-order valence-corrected chi connectivity index (χ1v) is 8.55. The van der Waals surface area contributed by atoms with E-state index < -0.39 is 0 Å². The summed E-state index contributed by atoms with van der Waals surface area (Å²) in [4.78, 5) is 16.6. The second-order valence-electron chi connectivity index (χ2n) is 5.28. The predicted octanol–water partition coefficient (Wildman–Crippen LogP) is 3.11. The first-order chi connectivity index (χ1) is 12.2. The van der Waals surface area contributed by atoms with Crippen molar-refractivity contribution < 1.29 is 4.79 Å². The van der Waals surface area contributed by atoms with Crippen LogP contribution in [0, 0.1) is 0 Å². The molecule has 9 heteroatoms. The lowest BCUT2D eigenvalue weighted by Crippen LogP contribution is -2.14. The van der Waals surface area contributed by atoms with Gasteiger partial charge < -0.3 is 5.32 Å². The summed E-state index contributed by atoms with van der Waals surface area (Å²) in [5.41, 5.74) is 2.53. The number of amides is 1. The van der Waals surface area contributed by atoms with Gasteiger partial charge in [0.15, 0.2) is 5.13 Å². The number of carbonyl (C=O) groups excluding carboxylic acids is 1. The number of tetrazole rings is 1.